The van der Waals surface area contributed by atoms with Gasteiger partial charge in [-0.3, -0.25) is 4.79 Å². The van der Waals surface area contributed by atoms with Gasteiger partial charge in [-0.05, 0) is 48.0 Å². The summed E-state index contributed by atoms with van der Waals surface area (Å²) in [5, 5.41) is 22.0. The lowest BCUT2D eigenvalue weighted by atomic mass is 9.64. The maximum Gasteiger partial charge on any atom is 0.231 e. The highest BCUT2D eigenvalue weighted by molar-refractivity contribution is 5.82. The molecule has 1 amide bonds. The summed E-state index contributed by atoms with van der Waals surface area (Å²) in [7, 11) is 6.65. The summed E-state index contributed by atoms with van der Waals surface area (Å²) in [5.41, 5.74) is 2.08. The van der Waals surface area contributed by atoms with E-state index in [9.17, 15) is 15.0 Å². The van der Waals surface area contributed by atoms with Gasteiger partial charge in [-0.1, -0.05) is 0 Å². The summed E-state index contributed by atoms with van der Waals surface area (Å²) in [6.45, 7) is 2.40. The van der Waals surface area contributed by atoms with Gasteiger partial charge in [0.15, 0.2) is 23.0 Å². The number of hydrogen-bond acceptors (Lipinski definition) is 9. The standard InChI is InChI=1S/C27H34N2O8/c1-28-5-7-29(8-6-28)27(32)24-18(13-30)25(31)17-12-20-19(36-14-37-20)11-16(17)23(24)15-9-21(33-2)26(35-4)22(10-15)34-3/h9-12,18,23-25,30-31H,5-8,13-14H2,1-4H3. The van der Waals surface area contributed by atoms with Crippen LogP contribution in [0.15, 0.2) is 24.3 Å². The third kappa shape index (κ3) is 4.32. The normalized spacial score (nSPS) is 25.0. The molecule has 2 aromatic carbocycles. The van der Waals surface area contributed by atoms with E-state index in [1.54, 1.807) is 20.3 Å². The molecule has 1 aliphatic carbocycles. The summed E-state index contributed by atoms with van der Waals surface area (Å²) in [6, 6.07) is 7.26. The zero-order chi connectivity index (χ0) is 26.3. The fourth-order valence-electron chi connectivity index (χ4n) is 5.81. The molecular weight excluding hydrogens is 480 g/mol. The number of piperazine rings is 1. The van der Waals surface area contributed by atoms with Crippen LogP contribution in [0.5, 0.6) is 28.7 Å². The maximum absolute atomic E-state index is 14.2. The highest BCUT2D eigenvalue weighted by Gasteiger charge is 2.49. The molecule has 2 N–H and O–H groups in total. The van der Waals surface area contributed by atoms with E-state index in [-0.39, 0.29) is 19.3 Å². The van der Waals surface area contributed by atoms with Crippen molar-refractivity contribution in [3.05, 3.63) is 41.0 Å². The minimum absolute atomic E-state index is 0.0796. The van der Waals surface area contributed by atoms with Gasteiger partial charge in [0, 0.05) is 44.6 Å². The SMILES string of the molecule is COc1cc(C2c3cc4c(cc3C(O)C(CO)C2C(=O)N2CCN(C)CC2)OCO4)cc(OC)c1OC. The molecule has 0 bridgehead atoms. The maximum atomic E-state index is 14.2. The molecule has 4 atom stereocenters. The van der Waals surface area contributed by atoms with E-state index >= 15 is 0 Å². The number of nitrogens with zero attached hydrogens (tertiary/aromatic N) is 2. The number of carbonyl (C=O) groups is 1. The molecule has 200 valence electrons. The first-order valence-corrected chi connectivity index (χ1v) is 12.4. The fraction of sp³-hybridized carbons (Fsp3) is 0.519. The molecule has 2 heterocycles. The molecule has 0 saturated carbocycles. The summed E-state index contributed by atoms with van der Waals surface area (Å²) in [6.07, 6.45) is -1.06. The Hall–Kier alpha value is -3.21. The van der Waals surface area contributed by atoms with Gasteiger partial charge in [-0.2, -0.15) is 0 Å². The van der Waals surface area contributed by atoms with Crippen LogP contribution in [0.25, 0.3) is 0 Å². The average Bonchev–Trinajstić information content (AvgIpc) is 3.38. The number of rotatable bonds is 6. The third-order valence-corrected chi connectivity index (χ3v) is 7.81. The Morgan fingerprint density at radius 1 is 0.946 bits per heavy atom. The molecule has 5 rings (SSSR count). The lowest BCUT2D eigenvalue weighted by Crippen LogP contribution is -2.53. The van der Waals surface area contributed by atoms with Crippen molar-refractivity contribution < 1.29 is 38.7 Å². The number of amides is 1. The van der Waals surface area contributed by atoms with Gasteiger partial charge in [0.25, 0.3) is 0 Å². The number of methoxy groups -OCH3 is 3. The smallest absolute Gasteiger partial charge is 0.231 e. The minimum Gasteiger partial charge on any atom is -0.493 e. The molecule has 0 spiro atoms. The first-order valence-electron chi connectivity index (χ1n) is 12.4. The topological polar surface area (TPSA) is 110 Å². The zero-order valence-corrected chi connectivity index (χ0v) is 21.6. The van der Waals surface area contributed by atoms with Crippen LogP contribution in [0.4, 0.5) is 0 Å². The molecular formula is C27H34N2O8. The first-order chi connectivity index (χ1) is 17.9. The van der Waals surface area contributed by atoms with E-state index in [2.05, 4.69) is 4.90 Å². The second kappa shape index (κ2) is 10.3. The van der Waals surface area contributed by atoms with E-state index in [1.807, 2.05) is 30.1 Å². The fourth-order valence-corrected chi connectivity index (χ4v) is 5.81. The molecule has 0 radical (unpaired) electrons. The Morgan fingerprint density at radius 3 is 2.08 bits per heavy atom. The van der Waals surface area contributed by atoms with Crippen molar-refractivity contribution in [2.24, 2.45) is 11.8 Å². The summed E-state index contributed by atoms with van der Waals surface area (Å²) in [4.78, 5) is 18.2. The second-order valence-corrected chi connectivity index (χ2v) is 9.72. The highest BCUT2D eigenvalue weighted by atomic mass is 16.7. The number of aliphatic hydroxyl groups excluding tert-OH is 2. The van der Waals surface area contributed by atoms with E-state index in [4.69, 9.17) is 23.7 Å². The predicted molar refractivity (Wildman–Crippen MR) is 134 cm³/mol. The summed E-state index contributed by atoms with van der Waals surface area (Å²) >= 11 is 0. The second-order valence-electron chi connectivity index (χ2n) is 9.72. The minimum atomic E-state index is -1.06. The number of benzene rings is 2. The van der Waals surface area contributed by atoms with Gasteiger partial charge in [-0.15, -0.1) is 0 Å². The Bertz CT molecular complexity index is 1140. The van der Waals surface area contributed by atoms with E-state index in [0.29, 0.717) is 47.4 Å². The highest BCUT2D eigenvalue weighted by Crippen LogP contribution is 2.54. The Morgan fingerprint density at radius 2 is 1.54 bits per heavy atom. The Balaban J connectivity index is 1.71. The van der Waals surface area contributed by atoms with Gasteiger partial charge in [0.05, 0.1) is 33.4 Å². The Labute approximate surface area is 216 Å². The van der Waals surface area contributed by atoms with Crippen molar-refractivity contribution in [3.63, 3.8) is 0 Å². The van der Waals surface area contributed by atoms with Crippen LogP contribution in [-0.2, 0) is 4.79 Å². The predicted octanol–water partition coefficient (Wildman–Crippen LogP) is 1.62. The van der Waals surface area contributed by atoms with Crippen LogP contribution in [0.2, 0.25) is 0 Å². The lowest BCUT2D eigenvalue weighted by molar-refractivity contribution is -0.143. The first kappa shape index (κ1) is 25.4. The van der Waals surface area contributed by atoms with Crippen LogP contribution < -0.4 is 23.7 Å². The van der Waals surface area contributed by atoms with Crippen molar-refractivity contribution in [1.29, 1.82) is 0 Å². The largest absolute Gasteiger partial charge is 0.493 e. The molecule has 37 heavy (non-hydrogen) atoms. The van der Waals surface area contributed by atoms with E-state index in [1.165, 1.54) is 7.11 Å². The number of ether oxygens (including phenoxy) is 5. The molecule has 2 aromatic rings. The molecule has 1 fully saturated rings. The van der Waals surface area contributed by atoms with Crippen LogP contribution in [0.1, 0.15) is 28.7 Å². The molecule has 0 aromatic heterocycles. The zero-order valence-electron chi connectivity index (χ0n) is 21.6. The summed E-state index contributed by atoms with van der Waals surface area (Å²) < 4.78 is 28.0. The summed E-state index contributed by atoms with van der Waals surface area (Å²) in [5.74, 6) is 0.338. The molecule has 10 nitrogen and oxygen atoms in total. The number of fused-ring (bicyclic) bond motifs is 2. The molecule has 4 unspecified atom stereocenters. The van der Waals surface area contributed by atoms with E-state index < -0.39 is 23.9 Å². The van der Waals surface area contributed by atoms with Crippen LogP contribution in [0.3, 0.4) is 0 Å². The van der Waals surface area contributed by atoms with Gasteiger partial charge in [0.2, 0.25) is 18.4 Å². The Kier molecular flexibility index (Phi) is 7.06. The lowest BCUT2D eigenvalue weighted by Gasteiger charge is -2.44. The molecule has 3 aliphatic rings. The third-order valence-electron chi connectivity index (χ3n) is 7.81. The van der Waals surface area contributed by atoms with Gasteiger partial charge in [0.1, 0.15) is 0 Å². The van der Waals surface area contributed by atoms with Crippen molar-refractivity contribution in [1.82, 2.24) is 9.80 Å². The van der Waals surface area contributed by atoms with E-state index in [0.717, 1.165) is 24.2 Å². The van der Waals surface area contributed by atoms with Crippen molar-refractivity contribution in [3.8, 4) is 28.7 Å². The van der Waals surface area contributed by atoms with Gasteiger partial charge in [-0.25, -0.2) is 0 Å². The number of likely N-dealkylation sites (N-methyl/N-ethyl adjacent to an activating group) is 1. The molecule has 1 saturated heterocycles. The molecule has 10 heteroatoms. The van der Waals surface area contributed by atoms with Crippen molar-refractivity contribution in [2.45, 2.75) is 12.0 Å². The monoisotopic (exact) mass is 514 g/mol. The van der Waals surface area contributed by atoms with Gasteiger partial charge < -0.3 is 43.7 Å². The quantitative estimate of drug-likeness (QED) is 0.594. The van der Waals surface area contributed by atoms with Crippen LogP contribution in [0, 0.1) is 11.8 Å². The van der Waals surface area contributed by atoms with Crippen LogP contribution >= 0.6 is 0 Å². The van der Waals surface area contributed by atoms with Crippen molar-refractivity contribution >= 4 is 5.91 Å². The average molecular weight is 515 g/mol. The van der Waals surface area contributed by atoms with Gasteiger partial charge >= 0.3 is 0 Å². The van der Waals surface area contributed by atoms with Crippen molar-refractivity contribution in [2.75, 3.05) is 68.0 Å². The van der Waals surface area contributed by atoms with Crippen LogP contribution in [-0.4, -0.2) is 93.9 Å². The number of aliphatic hydroxyl groups is 2. The number of carbonyl (C=O) groups excluding carboxylic acids is 1. The molecule has 2 aliphatic heterocycles. The number of hydrogen-bond donors (Lipinski definition) is 2.